The molecule has 1 aromatic carbocycles. The first-order valence-corrected chi connectivity index (χ1v) is 8.08. The molecule has 1 aromatic rings. The lowest BCUT2D eigenvalue weighted by Crippen LogP contribution is -2.24. The fourth-order valence-electron chi connectivity index (χ4n) is 2.48. The van der Waals surface area contributed by atoms with E-state index in [-0.39, 0.29) is 5.54 Å². The van der Waals surface area contributed by atoms with E-state index in [9.17, 15) is 0 Å². The van der Waals surface area contributed by atoms with E-state index in [0.717, 1.165) is 42.1 Å². The van der Waals surface area contributed by atoms with Crippen LogP contribution in [0.25, 0.3) is 0 Å². The van der Waals surface area contributed by atoms with Crippen LogP contribution in [0, 0.1) is 0 Å². The Bertz CT molecular complexity index is 453. The van der Waals surface area contributed by atoms with Crippen LogP contribution in [0.2, 0.25) is 0 Å². The standard InChI is InChI=1S/C15H21NO2S/c1-17-14-9-11(15(16)6-7-15)4-5-13(14)18-12-3-2-8-19-10-12/h4-5,9,12H,2-3,6-8,10,16H2,1H3. The average molecular weight is 279 g/mol. The normalized spacial score (nSPS) is 24.8. The number of rotatable bonds is 4. The molecular formula is C15H21NO2S. The number of hydrogen-bond donors (Lipinski definition) is 1. The molecule has 2 aliphatic rings. The van der Waals surface area contributed by atoms with Gasteiger partial charge in [0.2, 0.25) is 0 Å². The van der Waals surface area contributed by atoms with E-state index in [1.54, 1.807) is 7.11 Å². The molecule has 0 aromatic heterocycles. The maximum Gasteiger partial charge on any atom is 0.161 e. The lowest BCUT2D eigenvalue weighted by Gasteiger charge is -2.24. The molecule has 0 radical (unpaired) electrons. The lowest BCUT2D eigenvalue weighted by molar-refractivity contribution is 0.202. The molecule has 1 atom stereocenters. The van der Waals surface area contributed by atoms with Crippen molar-refractivity contribution in [2.75, 3.05) is 18.6 Å². The molecule has 19 heavy (non-hydrogen) atoms. The maximum absolute atomic E-state index is 6.23. The topological polar surface area (TPSA) is 44.5 Å². The fraction of sp³-hybridized carbons (Fsp3) is 0.600. The van der Waals surface area contributed by atoms with Crippen LogP contribution in [-0.4, -0.2) is 24.7 Å². The Hall–Kier alpha value is -0.870. The predicted molar refractivity (Wildman–Crippen MR) is 79.1 cm³/mol. The van der Waals surface area contributed by atoms with E-state index in [2.05, 4.69) is 6.07 Å². The SMILES string of the molecule is COc1cc(C2(N)CC2)ccc1OC1CCCSC1. The van der Waals surface area contributed by atoms with Crippen LogP contribution < -0.4 is 15.2 Å². The van der Waals surface area contributed by atoms with Gasteiger partial charge in [-0.2, -0.15) is 11.8 Å². The molecule has 1 aliphatic heterocycles. The van der Waals surface area contributed by atoms with Gasteiger partial charge < -0.3 is 15.2 Å². The predicted octanol–water partition coefficient (Wildman–Crippen LogP) is 2.92. The zero-order valence-electron chi connectivity index (χ0n) is 11.4. The molecule has 1 saturated carbocycles. The molecule has 2 N–H and O–H groups in total. The summed E-state index contributed by atoms with van der Waals surface area (Å²) in [5, 5.41) is 0. The first-order valence-electron chi connectivity index (χ1n) is 6.93. The highest BCUT2D eigenvalue weighted by atomic mass is 32.2. The van der Waals surface area contributed by atoms with Crippen molar-refractivity contribution in [1.29, 1.82) is 0 Å². The highest BCUT2D eigenvalue weighted by molar-refractivity contribution is 7.99. The number of thioether (sulfide) groups is 1. The molecule has 0 amide bonds. The van der Waals surface area contributed by atoms with Crippen molar-refractivity contribution in [1.82, 2.24) is 0 Å². The molecule has 104 valence electrons. The van der Waals surface area contributed by atoms with E-state index in [0.29, 0.717) is 6.10 Å². The summed E-state index contributed by atoms with van der Waals surface area (Å²) in [6.45, 7) is 0. The van der Waals surface area contributed by atoms with Gasteiger partial charge in [-0.15, -0.1) is 0 Å². The van der Waals surface area contributed by atoms with Gasteiger partial charge in [-0.05, 0) is 49.1 Å². The van der Waals surface area contributed by atoms with E-state index < -0.39 is 0 Å². The van der Waals surface area contributed by atoms with E-state index in [4.69, 9.17) is 15.2 Å². The van der Waals surface area contributed by atoms with Crippen LogP contribution in [-0.2, 0) is 5.54 Å². The summed E-state index contributed by atoms with van der Waals surface area (Å²) in [5.74, 6) is 3.99. The monoisotopic (exact) mass is 279 g/mol. The van der Waals surface area contributed by atoms with Crippen LogP contribution in [0.1, 0.15) is 31.2 Å². The van der Waals surface area contributed by atoms with Crippen molar-refractivity contribution in [2.45, 2.75) is 37.3 Å². The molecule has 2 fully saturated rings. The zero-order chi connectivity index (χ0) is 13.3. The van der Waals surface area contributed by atoms with Crippen molar-refractivity contribution < 1.29 is 9.47 Å². The minimum absolute atomic E-state index is 0.119. The van der Waals surface area contributed by atoms with E-state index >= 15 is 0 Å². The van der Waals surface area contributed by atoms with Crippen LogP contribution in [0.4, 0.5) is 0 Å². The molecule has 1 unspecified atom stereocenters. The first kappa shape index (κ1) is 13.1. The van der Waals surface area contributed by atoms with Crippen LogP contribution in [0.15, 0.2) is 18.2 Å². The van der Waals surface area contributed by atoms with Gasteiger partial charge in [0.25, 0.3) is 0 Å². The highest BCUT2D eigenvalue weighted by Crippen LogP contribution is 2.45. The summed E-state index contributed by atoms with van der Waals surface area (Å²) in [5.41, 5.74) is 7.27. The minimum Gasteiger partial charge on any atom is -0.493 e. The van der Waals surface area contributed by atoms with E-state index in [1.807, 2.05) is 23.9 Å². The number of benzene rings is 1. The minimum atomic E-state index is -0.119. The number of ether oxygens (including phenoxy) is 2. The largest absolute Gasteiger partial charge is 0.493 e. The second-order valence-corrected chi connectivity index (χ2v) is 6.63. The smallest absolute Gasteiger partial charge is 0.161 e. The Kier molecular flexibility index (Phi) is 3.63. The molecule has 0 spiro atoms. The van der Waals surface area contributed by atoms with Gasteiger partial charge in [-0.1, -0.05) is 6.07 Å². The number of methoxy groups -OCH3 is 1. The van der Waals surface area contributed by atoms with Crippen molar-refractivity contribution in [3.05, 3.63) is 23.8 Å². The third-order valence-electron chi connectivity index (χ3n) is 3.94. The summed E-state index contributed by atoms with van der Waals surface area (Å²) in [6.07, 6.45) is 4.82. The molecular weight excluding hydrogens is 258 g/mol. The Morgan fingerprint density at radius 3 is 2.79 bits per heavy atom. The number of nitrogens with two attached hydrogens (primary N) is 1. The zero-order valence-corrected chi connectivity index (χ0v) is 12.2. The first-order chi connectivity index (χ1) is 9.21. The summed E-state index contributed by atoms with van der Waals surface area (Å²) in [4.78, 5) is 0. The van der Waals surface area contributed by atoms with Gasteiger partial charge in [0, 0.05) is 11.3 Å². The molecule has 0 bridgehead atoms. The third-order valence-corrected chi connectivity index (χ3v) is 5.12. The van der Waals surface area contributed by atoms with Crippen molar-refractivity contribution in [3.8, 4) is 11.5 Å². The van der Waals surface area contributed by atoms with E-state index in [1.165, 1.54) is 12.2 Å². The molecule has 3 rings (SSSR count). The van der Waals surface area contributed by atoms with Crippen LogP contribution in [0.5, 0.6) is 11.5 Å². The molecule has 4 heteroatoms. The fourth-order valence-corrected chi connectivity index (χ4v) is 3.52. The molecule has 1 saturated heterocycles. The Morgan fingerprint density at radius 2 is 2.16 bits per heavy atom. The van der Waals surface area contributed by atoms with Gasteiger partial charge in [-0.25, -0.2) is 0 Å². The van der Waals surface area contributed by atoms with Crippen molar-refractivity contribution in [3.63, 3.8) is 0 Å². The second-order valence-electron chi connectivity index (χ2n) is 5.48. The van der Waals surface area contributed by atoms with Gasteiger partial charge >= 0.3 is 0 Å². The quantitative estimate of drug-likeness (QED) is 0.920. The summed E-state index contributed by atoms with van der Waals surface area (Å²) in [6, 6.07) is 6.14. The summed E-state index contributed by atoms with van der Waals surface area (Å²) in [7, 11) is 1.69. The molecule has 1 aliphatic carbocycles. The van der Waals surface area contributed by atoms with Crippen molar-refractivity contribution >= 4 is 11.8 Å². The second kappa shape index (κ2) is 5.25. The summed E-state index contributed by atoms with van der Waals surface area (Å²) < 4.78 is 11.5. The Balaban J connectivity index is 1.76. The molecule has 1 heterocycles. The average Bonchev–Trinajstić information content (AvgIpc) is 3.19. The van der Waals surface area contributed by atoms with Crippen molar-refractivity contribution in [2.24, 2.45) is 5.73 Å². The highest BCUT2D eigenvalue weighted by Gasteiger charge is 2.40. The van der Waals surface area contributed by atoms with Crippen LogP contribution in [0.3, 0.4) is 0 Å². The van der Waals surface area contributed by atoms with Gasteiger partial charge in [0.1, 0.15) is 6.10 Å². The third kappa shape index (κ3) is 2.84. The van der Waals surface area contributed by atoms with Crippen LogP contribution >= 0.6 is 11.8 Å². The summed E-state index contributed by atoms with van der Waals surface area (Å²) >= 11 is 1.97. The van der Waals surface area contributed by atoms with Gasteiger partial charge in [0.15, 0.2) is 11.5 Å². The number of hydrogen-bond acceptors (Lipinski definition) is 4. The lowest BCUT2D eigenvalue weighted by atomic mass is 10.1. The van der Waals surface area contributed by atoms with Gasteiger partial charge in [-0.3, -0.25) is 0 Å². The Morgan fingerprint density at radius 1 is 1.32 bits per heavy atom. The van der Waals surface area contributed by atoms with Gasteiger partial charge in [0.05, 0.1) is 7.11 Å². The Labute approximate surface area is 118 Å². The molecule has 3 nitrogen and oxygen atoms in total. The maximum atomic E-state index is 6.23.